The molecule has 0 saturated heterocycles. The van der Waals surface area contributed by atoms with Gasteiger partial charge in [-0.1, -0.05) is 12.2 Å². The van der Waals surface area contributed by atoms with E-state index in [1.165, 1.54) is 19.3 Å². The number of carbonyl (C=O) groups excluding carboxylic acids is 1. The molecule has 0 aliphatic heterocycles. The third-order valence-electron chi connectivity index (χ3n) is 2.93. The maximum Gasteiger partial charge on any atom is 0.139 e. The number of Topliss-reactive ketones (excluding diaryl/α,β-unsaturated/α-hetero) is 1. The van der Waals surface area contributed by atoms with Crippen molar-refractivity contribution in [2.45, 2.75) is 32.1 Å². The topological polar surface area (TPSA) is 17.1 Å². The zero-order valence-electron chi connectivity index (χ0n) is 6.75. The van der Waals surface area contributed by atoms with Crippen LogP contribution in [0.2, 0.25) is 0 Å². The van der Waals surface area contributed by atoms with Crippen molar-refractivity contribution < 1.29 is 4.79 Å². The second kappa shape index (κ2) is 2.80. The summed E-state index contributed by atoms with van der Waals surface area (Å²) in [6.07, 6.45) is 9.97. The SMILES string of the molecule is O=C1CCCC2CCC=CC12. The first kappa shape index (κ1) is 7.08. The van der Waals surface area contributed by atoms with Crippen molar-refractivity contribution in [3.8, 4) is 0 Å². The highest BCUT2D eigenvalue weighted by Crippen LogP contribution is 2.34. The molecular formula is C10H14O. The van der Waals surface area contributed by atoms with Crippen LogP contribution in [0.15, 0.2) is 12.2 Å². The van der Waals surface area contributed by atoms with Gasteiger partial charge in [-0.3, -0.25) is 4.79 Å². The van der Waals surface area contributed by atoms with Crippen molar-refractivity contribution in [2.24, 2.45) is 11.8 Å². The first-order valence-corrected chi connectivity index (χ1v) is 4.57. The summed E-state index contributed by atoms with van der Waals surface area (Å²) in [4.78, 5) is 11.4. The number of carbonyl (C=O) groups is 1. The molecule has 0 aromatic carbocycles. The van der Waals surface area contributed by atoms with Crippen LogP contribution < -0.4 is 0 Å². The molecule has 1 saturated carbocycles. The molecule has 0 N–H and O–H groups in total. The first-order chi connectivity index (χ1) is 5.38. The maximum absolute atomic E-state index is 11.4. The minimum absolute atomic E-state index is 0.303. The molecule has 0 radical (unpaired) electrons. The fraction of sp³-hybridized carbons (Fsp3) is 0.700. The molecule has 11 heavy (non-hydrogen) atoms. The van der Waals surface area contributed by atoms with Gasteiger partial charge >= 0.3 is 0 Å². The monoisotopic (exact) mass is 150 g/mol. The van der Waals surface area contributed by atoms with Crippen LogP contribution >= 0.6 is 0 Å². The summed E-state index contributed by atoms with van der Waals surface area (Å²) in [6, 6.07) is 0. The van der Waals surface area contributed by atoms with E-state index in [4.69, 9.17) is 0 Å². The highest BCUT2D eigenvalue weighted by Gasteiger charge is 2.30. The predicted molar refractivity (Wildman–Crippen MR) is 44.2 cm³/mol. The largest absolute Gasteiger partial charge is 0.299 e. The molecule has 0 spiro atoms. The van der Waals surface area contributed by atoms with Crippen molar-refractivity contribution in [2.75, 3.05) is 0 Å². The van der Waals surface area contributed by atoms with Gasteiger partial charge in [0.1, 0.15) is 5.78 Å². The minimum atomic E-state index is 0.303. The summed E-state index contributed by atoms with van der Waals surface area (Å²) in [5, 5.41) is 0. The molecule has 60 valence electrons. The lowest BCUT2D eigenvalue weighted by Crippen LogP contribution is -2.28. The Balaban J connectivity index is 2.16. The van der Waals surface area contributed by atoms with E-state index in [0.29, 0.717) is 17.6 Å². The van der Waals surface area contributed by atoms with Gasteiger partial charge in [-0.05, 0) is 31.6 Å². The third-order valence-corrected chi connectivity index (χ3v) is 2.93. The smallest absolute Gasteiger partial charge is 0.139 e. The van der Waals surface area contributed by atoms with Gasteiger partial charge in [0.25, 0.3) is 0 Å². The fourth-order valence-corrected chi connectivity index (χ4v) is 2.29. The van der Waals surface area contributed by atoms with Gasteiger partial charge in [0, 0.05) is 12.3 Å². The van der Waals surface area contributed by atoms with Gasteiger partial charge in [0.15, 0.2) is 0 Å². The van der Waals surface area contributed by atoms with Crippen LogP contribution in [0.3, 0.4) is 0 Å². The van der Waals surface area contributed by atoms with Crippen molar-refractivity contribution >= 4 is 5.78 Å². The summed E-state index contributed by atoms with van der Waals surface area (Å²) >= 11 is 0. The minimum Gasteiger partial charge on any atom is -0.299 e. The van der Waals surface area contributed by atoms with Gasteiger partial charge in [-0.15, -0.1) is 0 Å². The Morgan fingerprint density at radius 2 is 2.27 bits per heavy atom. The number of hydrogen-bond donors (Lipinski definition) is 0. The lowest BCUT2D eigenvalue weighted by molar-refractivity contribution is -0.125. The molecule has 2 unspecified atom stereocenters. The molecule has 2 aliphatic rings. The Labute approximate surface area is 67.5 Å². The predicted octanol–water partition coefficient (Wildman–Crippen LogP) is 2.32. The maximum atomic E-state index is 11.4. The molecule has 2 atom stereocenters. The molecule has 1 heteroatoms. The zero-order valence-corrected chi connectivity index (χ0v) is 6.75. The fourth-order valence-electron chi connectivity index (χ4n) is 2.29. The quantitative estimate of drug-likeness (QED) is 0.484. The van der Waals surface area contributed by atoms with Crippen LogP contribution in [0, 0.1) is 11.8 Å². The van der Waals surface area contributed by atoms with Crippen LogP contribution in [-0.2, 0) is 4.79 Å². The average Bonchev–Trinajstić information content (AvgIpc) is 2.06. The highest BCUT2D eigenvalue weighted by atomic mass is 16.1. The molecule has 0 bridgehead atoms. The van der Waals surface area contributed by atoms with E-state index < -0.39 is 0 Å². The molecular weight excluding hydrogens is 136 g/mol. The normalized spacial score (nSPS) is 36.9. The lowest BCUT2D eigenvalue weighted by atomic mass is 9.73. The van der Waals surface area contributed by atoms with Crippen LogP contribution in [-0.4, -0.2) is 5.78 Å². The molecule has 1 fully saturated rings. The molecule has 0 aromatic rings. The Morgan fingerprint density at radius 3 is 3.09 bits per heavy atom. The van der Waals surface area contributed by atoms with E-state index in [9.17, 15) is 4.79 Å². The number of allylic oxidation sites excluding steroid dienone is 2. The van der Waals surface area contributed by atoms with Gasteiger partial charge < -0.3 is 0 Å². The number of fused-ring (bicyclic) bond motifs is 1. The Bertz CT molecular complexity index is 193. The molecule has 1 nitrogen and oxygen atoms in total. The molecule has 0 heterocycles. The molecule has 2 rings (SSSR count). The van der Waals surface area contributed by atoms with Crippen molar-refractivity contribution in [3.63, 3.8) is 0 Å². The summed E-state index contributed by atoms with van der Waals surface area (Å²) in [7, 11) is 0. The zero-order chi connectivity index (χ0) is 7.68. The van der Waals surface area contributed by atoms with Crippen molar-refractivity contribution in [3.05, 3.63) is 12.2 Å². The standard InChI is InChI=1S/C10H14O/c11-10-7-3-5-8-4-1-2-6-9(8)10/h2,6,8-9H,1,3-5,7H2. The second-order valence-electron chi connectivity index (χ2n) is 3.65. The average molecular weight is 150 g/mol. The van der Waals surface area contributed by atoms with E-state index in [-0.39, 0.29) is 0 Å². The number of ketones is 1. The van der Waals surface area contributed by atoms with Gasteiger partial charge in [-0.25, -0.2) is 0 Å². The lowest BCUT2D eigenvalue weighted by Gasteiger charge is -2.30. The van der Waals surface area contributed by atoms with Crippen LogP contribution in [0.5, 0.6) is 0 Å². The molecule has 2 aliphatic carbocycles. The van der Waals surface area contributed by atoms with E-state index in [1.54, 1.807) is 0 Å². The summed E-state index contributed by atoms with van der Waals surface area (Å²) < 4.78 is 0. The van der Waals surface area contributed by atoms with Gasteiger partial charge in [0.2, 0.25) is 0 Å². The van der Waals surface area contributed by atoms with E-state index >= 15 is 0 Å². The summed E-state index contributed by atoms with van der Waals surface area (Å²) in [6.45, 7) is 0. The van der Waals surface area contributed by atoms with Crippen LogP contribution in [0.25, 0.3) is 0 Å². The van der Waals surface area contributed by atoms with E-state index in [1.807, 2.05) is 0 Å². The van der Waals surface area contributed by atoms with Gasteiger partial charge in [-0.2, -0.15) is 0 Å². The Morgan fingerprint density at radius 1 is 1.36 bits per heavy atom. The Kier molecular flexibility index (Phi) is 1.80. The summed E-state index contributed by atoms with van der Waals surface area (Å²) in [5.74, 6) is 1.48. The van der Waals surface area contributed by atoms with Crippen molar-refractivity contribution in [1.82, 2.24) is 0 Å². The summed E-state index contributed by atoms with van der Waals surface area (Å²) in [5.41, 5.74) is 0. The number of rotatable bonds is 0. The van der Waals surface area contributed by atoms with Crippen molar-refractivity contribution in [1.29, 1.82) is 0 Å². The van der Waals surface area contributed by atoms with Crippen LogP contribution in [0.4, 0.5) is 0 Å². The van der Waals surface area contributed by atoms with Crippen LogP contribution in [0.1, 0.15) is 32.1 Å². The van der Waals surface area contributed by atoms with E-state index in [2.05, 4.69) is 12.2 Å². The first-order valence-electron chi connectivity index (χ1n) is 4.57. The number of hydrogen-bond acceptors (Lipinski definition) is 1. The van der Waals surface area contributed by atoms with Gasteiger partial charge in [0.05, 0.1) is 0 Å². The molecule has 0 aromatic heterocycles. The van der Waals surface area contributed by atoms with E-state index in [0.717, 1.165) is 12.8 Å². The molecule has 0 amide bonds. The Hall–Kier alpha value is -0.590. The highest BCUT2D eigenvalue weighted by molar-refractivity contribution is 5.83. The third kappa shape index (κ3) is 1.24. The second-order valence-corrected chi connectivity index (χ2v) is 3.65.